The number of hydrogen-bond acceptors (Lipinski definition) is 5. The van der Waals surface area contributed by atoms with E-state index in [9.17, 15) is 4.79 Å². The van der Waals surface area contributed by atoms with Gasteiger partial charge in [0.15, 0.2) is 5.11 Å². The minimum atomic E-state index is -0.336. The molecule has 1 amide bonds. The molecule has 0 saturated heterocycles. The van der Waals surface area contributed by atoms with Gasteiger partial charge in [-0.25, -0.2) is 0 Å². The molecule has 0 heterocycles. The van der Waals surface area contributed by atoms with E-state index in [1.165, 1.54) is 0 Å². The first-order valence-electron chi connectivity index (χ1n) is 10.3. The standard InChI is InChI=1S/C25H26N2O4S/c1-18(2)31-23-11-7-6-10-22(23)24(28)27-25(32)26-19-12-14-21(15-13-19)30-17-16-29-20-8-4-3-5-9-20/h3-15,18H,16-17H2,1-2H3,(H2,26,27,28,32). The summed E-state index contributed by atoms with van der Waals surface area (Å²) >= 11 is 5.28. The van der Waals surface area contributed by atoms with Crippen LogP contribution in [0.4, 0.5) is 5.69 Å². The summed E-state index contributed by atoms with van der Waals surface area (Å²) < 4.78 is 17.0. The van der Waals surface area contributed by atoms with Crippen LogP contribution in [0.1, 0.15) is 24.2 Å². The average molecular weight is 451 g/mol. The highest BCUT2D eigenvalue weighted by Gasteiger charge is 2.14. The largest absolute Gasteiger partial charge is 0.490 e. The van der Waals surface area contributed by atoms with E-state index in [-0.39, 0.29) is 17.1 Å². The second kappa shape index (κ2) is 11.7. The van der Waals surface area contributed by atoms with Crippen LogP contribution in [0.3, 0.4) is 0 Å². The second-order valence-corrected chi connectivity index (χ2v) is 7.51. The highest BCUT2D eigenvalue weighted by molar-refractivity contribution is 7.80. The van der Waals surface area contributed by atoms with E-state index >= 15 is 0 Å². The van der Waals surface area contributed by atoms with Crippen LogP contribution in [0.25, 0.3) is 0 Å². The first-order chi connectivity index (χ1) is 15.5. The number of para-hydroxylation sites is 2. The third-order valence-electron chi connectivity index (χ3n) is 4.20. The summed E-state index contributed by atoms with van der Waals surface area (Å²) in [4.78, 5) is 12.6. The zero-order chi connectivity index (χ0) is 22.8. The van der Waals surface area contributed by atoms with Crippen molar-refractivity contribution in [2.75, 3.05) is 18.5 Å². The number of hydrogen-bond donors (Lipinski definition) is 2. The fourth-order valence-electron chi connectivity index (χ4n) is 2.81. The van der Waals surface area contributed by atoms with Crippen LogP contribution in [0.2, 0.25) is 0 Å². The molecular formula is C25H26N2O4S. The molecule has 6 nitrogen and oxygen atoms in total. The van der Waals surface area contributed by atoms with Gasteiger partial charge in [0.05, 0.1) is 11.7 Å². The molecule has 0 atom stereocenters. The molecule has 0 aromatic heterocycles. The van der Waals surface area contributed by atoms with E-state index in [1.807, 2.05) is 74.5 Å². The molecule has 3 aromatic carbocycles. The van der Waals surface area contributed by atoms with Crippen molar-refractivity contribution >= 4 is 28.9 Å². The van der Waals surface area contributed by atoms with Crippen molar-refractivity contribution in [1.29, 1.82) is 0 Å². The van der Waals surface area contributed by atoms with Crippen molar-refractivity contribution in [3.63, 3.8) is 0 Å². The summed E-state index contributed by atoms with van der Waals surface area (Å²) in [5.74, 6) is 1.70. The lowest BCUT2D eigenvalue weighted by Gasteiger charge is -2.15. The van der Waals surface area contributed by atoms with Crippen LogP contribution in [0, 0.1) is 0 Å². The van der Waals surface area contributed by atoms with Crippen LogP contribution in [0.5, 0.6) is 17.2 Å². The van der Waals surface area contributed by atoms with Crippen molar-refractivity contribution in [1.82, 2.24) is 5.32 Å². The Morgan fingerprint density at radius 2 is 1.44 bits per heavy atom. The molecule has 7 heteroatoms. The Morgan fingerprint density at radius 3 is 2.09 bits per heavy atom. The first-order valence-corrected chi connectivity index (χ1v) is 10.7. The van der Waals surface area contributed by atoms with Gasteiger partial charge in [0.25, 0.3) is 5.91 Å². The van der Waals surface area contributed by atoms with Crippen molar-refractivity contribution in [2.45, 2.75) is 20.0 Å². The molecule has 32 heavy (non-hydrogen) atoms. The molecule has 2 N–H and O–H groups in total. The van der Waals surface area contributed by atoms with Crippen LogP contribution >= 0.6 is 12.2 Å². The molecule has 0 aliphatic rings. The quantitative estimate of drug-likeness (QED) is 0.351. The number of benzene rings is 3. The Kier molecular flexibility index (Phi) is 8.45. The third-order valence-corrected chi connectivity index (χ3v) is 4.40. The normalized spacial score (nSPS) is 10.3. The predicted molar refractivity (Wildman–Crippen MR) is 130 cm³/mol. The zero-order valence-electron chi connectivity index (χ0n) is 18.0. The minimum Gasteiger partial charge on any atom is -0.490 e. The summed E-state index contributed by atoms with van der Waals surface area (Å²) in [6, 6.07) is 23.9. The van der Waals surface area contributed by atoms with Gasteiger partial charge >= 0.3 is 0 Å². The van der Waals surface area contributed by atoms with E-state index in [0.29, 0.717) is 30.3 Å². The van der Waals surface area contributed by atoms with Crippen LogP contribution in [0.15, 0.2) is 78.9 Å². The maximum absolute atomic E-state index is 12.6. The molecule has 166 valence electrons. The average Bonchev–Trinajstić information content (AvgIpc) is 2.78. The molecule has 0 saturated carbocycles. The van der Waals surface area contributed by atoms with Gasteiger partial charge in [0, 0.05) is 5.69 Å². The summed E-state index contributed by atoms with van der Waals surface area (Å²) in [6.45, 7) is 4.69. The summed E-state index contributed by atoms with van der Waals surface area (Å²) in [6.07, 6.45) is -0.0420. The number of anilines is 1. The lowest BCUT2D eigenvalue weighted by molar-refractivity contribution is 0.0972. The summed E-state index contributed by atoms with van der Waals surface area (Å²) in [5, 5.41) is 5.88. The van der Waals surface area contributed by atoms with Crippen molar-refractivity contribution < 1.29 is 19.0 Å². The van der Waals surface area contributed by atoms with Gasteiger partial charge in [-0.3, -0.25) is 10.1 Å². The molecule has 3 aromatic rings. The number of nitrogens with one attached hydrogen (secondary N) is 2. The van der Waals surface area contributed by atoms with Crippen LogP contribution in [-0.2, 0) is 0 Å². The lowest BCUT2D eigenvalue weighted by Crippen LogP contribution is -2.34. The van der Waals surface area contributed by atoms with Gasteiger partial charge in [-0.1, -0.05) is 30.3 Å². The molecule has 0 bridgehead atoms. The van der Waals surface area contributed by atoms with Gasteiger partial charge in [0.2, 0.25) is 0 Å². The maximum atomic E-state index is 12.6. The monoisotopic (exact) mass is 450 g/mol. The number of rotatable bonds is 9. The second-order valence-electron chi connectivity index (χ2n) is 7.11. The zero-order valence-corrected chi connectivity index (χ0v) is 18.9. The molecule has 0 aliphatic carbocycles. The number of ether oxygens (including phenoxy) is 3. The Balaban J connectivity index is 1.46. The molecule has 0 spiro atoms. The van der Waals surface area contributed by atoms with Crippen molar-refractivity contribution in [2.24, 2.45) is 0 Å². The highest BCUT2D eigenvalue weighted by atomic mass is 32.1. The van der Waals surface area contributed by atoms with E-state index in [1.54, 1.807) is 18.2 Å². The fourth-order valence-corrected chi connectivity index (χ4v) is 3.02. The van der Waals surface area contributed by atoms with Crippen molar-refractivity contribution in [3.8, 4) is 17.2 Å². The molecule has 3 rings (SSSR count). The predicted octanol–water partition coefficient (Wildman–Crippen LogP) is 5.06. The minimum absolute atomic E-state index is 0.0420. The first kappa shape index (κ1) is 23.1. The van der Waals surface area contributed by atoms with Gasteiger partial charge in [-0.15, -0.1) is 0 Å². The topological polar surface area (TPSA) is 68.8 Å². The molecular weight excluding hydrogens is 424 g/mol. The van der Waals surface area contributed by atoms with Crippen LogP contribution in [-0.4, -0.2) is 30.3 Å². The lowest BCUT2D eigenvalue weighted by atomic mass is 10.2. The molecule has 0 radical (unpaired) electrons. The van der Waals surface area contributed by atoms with Gasteiger partial charge in [0.1, 0.15) is 30.5 Å². The number of amides is 1. The molecule has 0 fully saturated rings. The summed E-state index contributed by atoms with van der Waals surface area (Å²) in [7, 11) is 0. The number of carbonyl (C=O) groups excluding carboxylic acids is 1. The fraction of sp³-hybridized carbons (Fsp3) is 0.200. The Morgan fingerprint density at radius 1 is 0.844 bits per heavy atom. The van der Waals surface area contributed by atoms with Crippen LogP contribution < -0.4 is 24.8 Å². The van der Waals surface area contributed by atoms with E-state index < -0.39 is 0 Å². The molecule has 0 aliphatic heterocycles. The highest BCUT2D eigenvalue weighted by Crippen LogP contribution is 2.20. The molecule has 0 unspecified atom stereocenters. The van der Waals surface area contributed by atoms with Crippen molar-refractivity contribution in [3.05, 3.63) is 84.4 Å². The van der Waals surface area contributed by atoms with E-state index in [4.69, 9.17) is 26.4 Å². The van der Waals surface area contributed by atoms with E-state index in [2.05, 4.69) is 10.6 Å². The number of thiocarbonyl (C=S) groups is 1. The SMILES string of the molecule is CC(C)Oc1ccccc1C(=O)NC(=S)Nc1ccc(OCCOc2ccccc2)cc1. The van der Waals surface area contributed by atoms with Gasteiger partial charge < -0.3 is 19.5 Å². The third kappa shape index (κ3) is 7.28. The Hall–Kier alpha value is -3.58. The number of carbonyl (C=O) groups is 1. The Bertz CT molecular complexity index is 1020. The van der Waals surface area contributed by atoms with Gasteiger partial charge in [-0.2, -0.15) is 0 Å². The smallest absolute Gasteiger partial charge is 0.261 e. The maximum Gasteiger partial charge on any atom is 0.261 e. The van der Waals surface area contributed by atoms with E-state index in [0.717, 1.165) is 11.4 Å². The van der Waals surface area contributed by atoms with Gasteiger partial charge in [-0.05, 0) is 74.6 Å². The summed E-state index contributed by atoms with van der Waals surface area (Å²) in [5.41, 5.74) is 1.15. The Labute approximate surface area is 193 Å².